The average molecular weight is 366 g/mol. The summed E-state index contributed by atoms with van der Waals surface area (Å²) in [7, 11) is 0. The molecule has 108 valence electrons. The van der Waals surface area contributed by atoms with E-state index in [0.717, 1.165) is 0 Å². The van der Waals surface area contributed by atoms with Crippen molar-refractivity contribution in [2.75, 3.05) is 18.5 Å². The number of amides is 3. The summed E-state index contributed by atoms with van der Waals surface area (Å²) in [4.78, 5) is 32.8. The number of imide groups is 1. The monoisotopic (exact) mass is 364 g/mol. The lowest BCUT2D eigenvalue weighted by Crippen LogP contribution is -2.37. The minimum atomic E-state index is -1.20. The van der Waals surface area contributed by atoms with Crippen LogP contribution in [-0.4, -0.2) is 36.2 Å². The second-order valence-corrected chi connectivity index (χ2v) is 4.78. The SMILES string of the molecule is O=C(O)COCC(=O)NC(=O)Nc1ccc(Cl)c(Br)c1. The third-order valence-corrected chi connectivity index (χ3v) is 3.10. The highest BCUT2D eigenvalue weighted by Crippen LogP contribution is 2.25. The molecule has 0 heterocycles. The first kappa shape index (κ1) is 16.4. The van der Waals surface area contributed by atoms with Gasteiger partial charge in [0.05, 0.1) is 5.02 Å². The van der Waals surface area contributed by atoms with Crippen molar-refractivity contribution in [3.05, 3.63) is 27.7 Å². The van der Waals surface area contributed by atoms with E-state index in [1.807, 2.05) is 5.32 Å². The van der Waals surface area contributed by atoms with Gasteiger partial charge in [0.1, 0.15) is 13.2 Å². The highest BCUT2D eigenvalue weighted by Gasteiger charge is 2.09. The molecule has 0 aliphatic rings. The summed E-state index contributed by atoms with van der Waals surface area (Å²) in [6.45, 7) is -1.14. The number of hydrogen-bond acceptors (Lipinski definition) is 4. The molecule has 0 aliphatic carbocycles. The molecule has 0 saturated heterocycles. The molecule has 0 fully saturated rings. The Hall–Kier alpha value is -1.64. The second-order valence-electron chi connectivity index (χ2n) is 3.52. The van der Waals surface area contributed by atoms with Crippen LogP contribution in [0, 0.1) is 0 Å². The van der Waals surface area contributed by atoms with E-state index < -0.39 is 31.1 Å². The van der Waals surface area contributed by atoms with Gasteiger partial charge in [-0.15, -0.1) is 0 Å². The summed E-state index contributed by atoms with van der Waals surface area (Å²) in [5, 5.41) is 13.2. The Bertz CT molecular complexity index is 538. The van der Waals surface area contributed by atoms with Crippen LogP contribution in [0.1, 0.15) is 0 Å². The second kappa shape index (κ2) is 7.83. The van der Waals surface area contributed by atoms with Crippen molar-refractivity contribution >= 4 is 51.1 Å². The number of nitrogens with one attached hydrogen (secondary N) is 2. The zero-order chi connectivity index (χ0) is 15.1. The van der Waals surface area contributed by atoms with Crippen LogP contribution in [0.2, 0.25) is 5.02 Å². The quantitative estimate of drug-likeness (QED) is 0.738. The van der Waals surface area contributed by atoms with Crippen molar-refractivity contribution in [3.8, 4) is 0 Å². The molecule has 0 unspecified atom stereocenters. The lowest BCUT2D eigenvalue weighted by atomic mass is 10.3. The van der Waals surface area contributed by atoms with Gasteiger partial charge in [0.15, 0.2) is 0 Å². The number of hydrogen-bond donors (Lipinski definition) is 3. The van der Waals surface area contributed by atoms with Gasteiger partial charge in [-0.1, -0.05) is 11.6 Å². The molecule has 0 atom stereocenters. The molecule has 3 amide bonds. The molecule has 20 heavy (non-hydrogen) atoms. The van der Waals surface area contributed by atoms with Gasteiger partial charge in [0.2, 0.25) is 0 Å². The smallest absolute Gasteiger partial charge is 0.329 e. The average Bonchev–Trinajstić information content (AvgIpc) is 2.33. The molecule has 9 heteroatoms. The maximum atomic E-state index is 11.5. The molecule has 0 saturated carbocycles. The zero-order valence-corrected chi connectivity index (χ0v) is 12.3. The van der Waals surface area contributed by atoms with Crippen molar-refractivity contribution in [1.82, 2.24) is 5.32 Å². The first-order valence-corrected chi connectivity index (χ1v) is 6.41. The van der Waals surface area contributed by atoms with E-state index in [2.05, 4.69) is 26.0 Å². The molecule has 1 rings (SSSR count). The van der Waals surface area contributed by atoms with Gasteiger partial charge in [0, 0.05) is 10.2 Å². The number of aliphatic carboxylic acids is 1. The standard InChI is InChI=1S/C11H10BrClN2O5/c12-7-3-6(1-2-8(7)13)14-11(19)15-9(16)4-20-5-10(17)18/h1-3H,4-5H2,(H,17,18)(H2,14,15,16,19). The van der Waals surface area contributed by atoms with Crippen LogP contribution in [-0.2, 0) is 14.3 Å². The van der Waals surface area contributed by atoms with Crippen LogP contribution < -0.4 is 10.6 Å². The van der Waals surface area contributed by atoms with Crippen molar-refractivity contribution < 1.29 is 24.2 Å². The summed E-state index contributed by atoms with van der Waals surface area (Å²) in [5.74, 6) is -1.95. The van der Waals surface area contributed by atoms with E-state index >= 15 is 0 Å². The number of carboxylic acid groups (broad SMARTS) is 1. The fraction of sp³-hybridized carbons (Fsp3) is 0.182. The molecule has 0 spiro atoms. The lowest BCUT2D eigenvalue weighted by molar-refractivity contribution is -0.143. The van der Waals surface area contributed by atoms with Crippen LogP contribution >= 0.6 is 27.5 Å². The summed E-state index contributed by atoms with van der Waals surface area (Å²) in [6.07, 6.45) is 0. The fourth-order valence-corrected chi connectivity index (χ4v) is 1.63. The lowest BCUT2D eigenvalue weighted by Gasteiger charge is -2.07. The topological polar surface area (TPSA) is 105 Å². The van der Waals surface area contributed by atoms with Gasteiger partial charge in [0.25, 0.3) is 5.91 Å². The van der Waals surface area contributed by atoms with E-state index in [0.29, 0.717) is 15.2 Å². The summed E-state index contributed by atoms with van der Waals surface area (Å²) in [6, 6.07) is 3.92. The Balaban J connectivity index is 2.41. The van der Waals surface area contributed by atoms with E-state index in [4.69, 9.17) is 16.7 Å². The third-order valence-electron chi connectivity index (χ3n) is 1.89. The number of rotatable bonds is 5. The van der Waals surface area contributed by atoms with Crippen molar-refractivity contribution in [1.29, 1.82) is 0 Å². The van der Waals surface area contributed by atoms with Gasteiger partial charge in [-0.2, -0.15) is 0 Å². The first-order valence-electron chi connectivity index (χ1n) is 5.24. The molecular formula is C11H10BrClN2O5. The number of carbonyl (C=O) groups is 3. The van der Waals surface area contributed by atoms with Gasteiger partial charge in [-0.05, 0) is 34.1 Å². The van der Waals surface area contributed by atoms with E-state index in [1.165, 1.54) is 0 Å². The van der Waals surface area contributed by atoms with E-state index in [1.54, 1.807) is 18.2 Å². The van der Waals surface area contributed by atoms with Crippen LogP contribution in [0.25, 0.3) is 0 Å². The minimum absolute atomic E-state index is 0.429. The largest absolute Gasteiger partial charge is 0.480 e. The molecule has 3 N–H and O–H groups in total. The van der Waals surface area contributed by atoms with Crippen molar-refractivity contribution in [3.63, 3.8) is 0 Å². The first-order chi connectivity index (χ1) is 9.38. The maximum Gasteiger partial charge on any atom is 0.329 e. The molecule has 7 nitrogen and oxygen atoms in total. The van der Waals surface area contributed by atoms with Gasteiger partial charge < -0.3 is 15.2 Å². The summed E-state index contributed by atoms with van der Waals surface area (Å²) < 4.78 is 5.12. The predicted molar refractivity (Wildman–Crippen MR) is 74.8 cm³/mol. The molecule has 0 radical (unpaired) electrons. The van der Waals surface area contributed by atoms with Crippen molar-refractivity contribution in [2.45, 2.75) is 0 Å². The van der Waals surface area contributed by atoms with Crippen LogP contribution in [0.4, 0.5) is 10.5 Å². The Kier molecular flexibility index (Phi) is 6.43. The Morgan fingerprint density at radius 3 is 2.60 bits per heavy atom. The summed E-state index contributed by atoms with van der Waals surface area (Å²) in [5.41, 5.74) is 0.429. The maximum absolute atomic E-state index is 11.5. The number of carboxylic acids is 1. The van der Waals surface area contributed by atoms with Gasteiger partial charge in [-0.3, -0.25) is 10.1 Å². The highest BCUT2D eigenvalue weighted by atomic mass is 79.9. The Morgan fingerprint density at radius 1 is 1.30 bits per heavy atom. The Labute approximate surface area is 127 Å². The van der Waals surface area contributed by atoms with Crippen LogP contribution in [0.5, 0.6) is 0 Å². The molecule has 0 aliphatic heterocycles. The number of urea groups is 1. The normalized spacial score (nSPS) is 9.90. The van der Waals surface area contributed by atoms with Crippen LogP contribution in [0.15, 0.2) is 22.7 Å². The third kappa shape index (κ3) is 6.00. The molecule has 1 aromatic carbocycles. The van der Waals surface area contributed by atoms with Crippen LogP contribution in [0.3, 0.4) is 0 Å². The predicted octanol–water partition coefficient (Wildman–Crippen LogP) is 1.85. The minimum Gasteiger partial charge on any atom is -0.480 e. The summed E-state index contributed by atoms with van der Waals surface area (Å²) >= 11 is 8.98. The van der Waals surface area contributed by atoms with Crippen molar-refractivity contribution in [2.24, 2.45) is 0 Å². The molecular weight excluding hydrogens is 355 g/mol. The molecule has 0 bridgehead atoms. The van der Waals surface area contributed by atoms with E-state index in [9.17, 15) is 14.4 Å². The van der Waals surface area contributed by atoms with E-state index in [-0.39, 0.29) is 0 Å². The number of carbonyl (C=O) groups excluding carboxylic acids is 2. The Morgan fingerprint density at radius 2 is 2.00 bits per heavy atom. The van der Waals surface area contributed by atoms with Gasteiger partial charge >= 0.3 is 12.0 Å². The number of halogens is 2. The highest BCUT2D eigenvalue weighted by molar-refractivity contribution is 9.10. The zero-order valence-electron chi connectivity index (χ0n) is 9.98. The number of ether oxygens (including phenoxy) is 1. The number of anilines is 1. The van der Waals surface area contributed by atoms with Gasteiger partial charge in [-0.25, -0.2) is 9.59 Å². The molecule has 0 aromatic heterocycles. The number of benzene rings is 1. The molecule has 1 aromatic rings. The fourth-order valence-electron chi connectivity index (χ4n) is 1.13.